The second-order valence-corrected chi connectivity index (χ2v) is 26.9. The Bertz CT molecular complexity index is 1520. The van der Waals surface area contributed by atoms with Crippen LogP contribution in [0.1, 0.15) is 172 Å². The molecule has 0 unspecified atom stereocenters. The van der Waals surface area contributed by atoms with E-state index >= 15 is 0 Å². The summed E-state index contributed by atoms with van der Waals surface area (Å²) in [6, 6.07) is 5.76. The molecule has 0 spiro atoms. The summed E-state index contributed by atoms with van der Waals surface area (Å²) in [5.41, 5.74) is 1.56. The molecule has 4 rings (SSSR count). The van der Waals surface area contributed by atoms with Crippen molar-refractivity contribution in [2.45, 2.75) is 138 Å². The molecule has 2 heterocycles. The number of hydrogen-bond acceptors (Lipinski definition) is 5. The van der Waals surface area contributed by atoms with Gasteiger partial charge in [-0.25, -0.2) is 0 Å². The molecule has 2 aromatic rings. The molecule has 0 saturated carbocycles. The number of imide groups is 2. The Balaban J connectivity index is 2.08. The van der Waals surface area contributed by atoms with Crippen molar-refractivity contribution in [3.8, 4) is 6.07 Å². The van der Waals surface area contributed by atoms with Gasteiger partial charge >= 0.3 is 288 Å². The van der Waals surface area contributed by atoms with E-state index < -0.39 is 30.2 Å². The van der Waals surface area contributed by atoms with Gasteiger partial charge in [0.25, 0.3) is 0 Å². The molecule has 2 aromatic carbocycles. The SMILES string of the molecule is CCCCCCN1C(=O)c2c[c]([Sn]([CH2]CCC)([CH2]CCC)[CH2]CCC)c3c4c(cc(C#N)c(c24)C1=O)C(=O)N(CCCCCC)C3=O. The van der Waals surface area contributed by atoms with Gasteiger partial charge in [0.2, 0.25) is 0 Å². The van der Waals surface area contributed by atoms with Gasteiger partial charge in [-0.1, -0.05) is 0 Å². The van der Waals surface area contributed by atoms with Gasteiger partial charge in [0, 0.05) is 0 Å². The maximum atomic E-state index is 14.8. The number of rotatable bonds is 20. The van der Waals surface area contributed by atoms with Crippen LogP contribution in [0.25, 0.3) is 10.8 Å². The Morgan fingerprint density at radius 3 is 1.43 bits per heavy atom. The van der Waals surface area contributed by atoms with Crippen LogP contribution in [0.4, 0.5) is 0 Å². The van der Waals surface area contributed by atoms with Crippen molar-refractivity contribution >= 4 is 56.4 Å². The van der Waals surface area contributed by atoms with E-state index in [1.165, 1.54) is 9.80 Å². The zero-order chi connectivity index (χ0) is 34.1. The van der Waals surface area contributed by atoms with Crippen LogP contribution in [0.5, 0.6) is 0 Å². The normalized spacial score (nSPS) is 14.5. The van der Waals surface area contributed by atoms with Gasteiger partial charge in [0.05, 0.1) is 0 Å². The molecule has 0 radical (unpaired) electrons. The Morgan fingerprint density at radius 2 is 0.979 bits per heavy atom. The van der Waals surface area contributed by atoms with E-state index in [1.54, 1.807) is 6.07 Å². The topological polar surface area (TPSA) is 98.6 Å². The molecular formula is C39H55N3O4Sn. The molecule has 0 bridgehead atoms. The van der Waals surface area contributed by atoms with E-state index in [1.807, 2.05) is 6.07 Å². The van der Waals surface area contributed by atoms with E-state index in [0.717, 1.165) is 100 Å². The molecule has 8 heteroatoms. The fourth-order valence-corrected chi connectivity index (χ4v) is 24.5. The van der Waals surface area contributed by atoms with Crippen LogP contribution >= 0.6 is 0 Å². The number of nitriles is 1. The van der Waals surface area contributed by atoms with Gasteiger partial charge in [-0.3, -0.25) is 0 Å². The molecule has 4 amide bonds. The summed E-state index contributed by atoms with van der Waals surface area (Å²) in [7, 11) is 0. The second-order valence-electron chi connectivity index (χ2n) is 13.8. The third-order valence-electron chi connectivity index (χ3n) is 10.5. The predicted molar refractivity (Wildman–Crippen MR) is 192 cm³/mol. The average molecular weight is 749 g/mol. The summed E-state index contributed by atoms with van der Waals surface area (Å²) in [6.07, 6.45) is 13.8. The first kappa shape index (κ1) is 37.1. The zero-order valence-corrected chi connectivity index (χ0v) is 32.4. The summed E-state index contributed by atoms with van der Waals surface area (Å²) >= 11 is -3.43. The minimum absolute atomic E-state index is 0.106. The van der Waals surface area contributed by atoms with Crippen molar-refractivity contribution in [3.63, 3.8) is 0 Å². The molecule has 0 fully saturated rings. The van der Waals surface area contributed by atoms with Crippen LogP contribution in [0.15, 0.2) is 12.1 Å². The Hall–Kier alpha value is -2.73. The van der Waals surface area contributed by atoms with Crippen LogP contribution in [-0.4, -0.2) is 64.9 Å². The van der Waals surface area contributed by atoms with Crippen molar-refractivity contribution in [2.75, 3.05) is 13.1 Å². The number of carbonyl (C=O) groups excluding carboxylic acids is 4. The van der Waals surface area contributed by atoms with Gasteiger partial charge in [-0.2, -0.15) is 0 Å². The van der Waals surface area contributed by atoms with Crippen molar-refractivity contribution in [3.05, 3.63) is 39.9 Å². The molecule has 7 nitrogen and oxygen atoms in total. The molecule has 2 aliphatic heterocycles. The number of amides is 4. The van der Waals surface area contributed by atoms with Crippen molar-refractivity contribution in [1.82, 2.24) is 9.80 Å². The monoisotopic (exact) mass is 749 g/mol. The van der Waals surface area contributed by atoms with E-state index in [4.69, 9.17) is 0 Å². The average Bonchev–Trinajstić information content (AvgIpc) is 3.08. The first-order valence-corrected chi connectivity index (χ1v) is 26.0. The third kappa shape index (κ3) is 7.33. The van der Waals surface area contributed by atoms with Crippen LogP contribution in [0, 0.1) is 11.3 Å². The van der Waals surface area contributed by atoms with Gasteiger partial charge in [-0.15, -0.1) is 0 Å². The van der Waals surface area contributed by atoms with Crippen molar-refractivity contribution in [2.24, 2.45) is 0 Å². The molecule has 0 aromatic heterocycles. The molecule has 0 atom stereocenters. The summed E-state index contributed by atoms with van der Waals surface area (Å²) in [5.74, 6) is -1.52. The Kier molecular flexibility index (Phi) is 13.5. The van der Waals surface area contributed by atoms with Gasteiger partial charge in [0.15, 0.2) is 0 Å². The Morgan fingerprint density at radius 1 is 0.553 bits per heavy atom. The molecule has 0 N–H and O–H groups in total. The van der Waals surface area contributed by atoms with E-state index in [9.17, 15) is 24.4 Å². The minimum atomic E-state index is -3.43. The first-order valence-electron chi connectivity index (χ1n) is 18.6. The standard InChI is InChI=1S/C27H28N3O4.3C4H9.Sn/c1-3-5-7-9-13-29-24(31)18-11-12-19-23-21(17(16-28)15-20(22(18)23)26(29)33)27(34)30(25(19)32)14-10-8-6-4-2;3*1-3-4-2;/h12,15H,3-10,13-14H2,1-2H3;3*1,3-4H2,2H3;. The summed E-state index contributed by atoms with van der Waals surface area (Å²) in [4.78, 5) is 60.3. The van der Waals surface area contributed by atoms with Crippen LogP contribution in [0.3, 0.4) is 0 Å². The number of hydrogen-bond donors (Lipinski definition) is 0. The van der Waals surface area contributed by atoms with Crippen LogP contribution in [0.2, 0.25) is 13.3 Å². The zero-order valence-electron chi connectivity index (χ0n) is 29.6. The Labute approximate surface area is 286 Å². The van der Waals surface area contributed by atoms with Gasteiger partial charge < -0.3 is 0 Å². The van der Waals surface area contributed by atoms with Crippen LogP contribution < -0.4 is 3.58 Å². The number of benzene rings is 2. The van der Waals surface area contributed by atoms with Gasteiger partial charge in [0.1, 0.15) is 0 Å². The molecule has 0 saturated heterocycles. The quantitative estimate of drug-likeness (QED) is 0.0765. The summed E-state index contributed by atoms with van der Waals surface area (Å²) in [6.45, 7) is 11.5. The molecule has 0 aliphatic carbocycles. The molecular weight excluding hydrogens is 693 g/mol. The number of unbranched alkanes of at least 4 members (excludes halogenated alkanes) is 9. The number of carbonyl (C=O) groups is 4. The van der Waals surface area contributed by atoms with E-state index in [-0.39, 0.29) is 22.9 Å². The van der Waals surface area contributed by atoms with Crippen molar-refractivity contribution < 1.29 is 19.2 Å². The third-order valence-corrected chi connectivity index (χ3v) is 26.1. The molecule has 254 valence electrons. The first-order chi connectivity index (χ1) is 22.8. The number of nitrogens with zero attached hydrogens (tertiary/aromatic N) is 3. The maximum absolute atomic E-state index is 14.8. The fraction of sp³-hybridized carbons (Fsp3) is 0.615. The van der Waals surface area contributed by atoms with E-state index in [2.05, 4.69) is 40.7 Å². The fourth-order valence-electron chi connectivity index (χ4n) is 7.79. The van der Waals surface area contributed by atoms with Gasteiger partial charge in [-0.05, 0) is 0 Å². The molecule has 47 heavy (non-hydrogen) atoms. The van der Waals surface area contributed by atoms with Crippen LogP contribution in [-0.2, 0) is 0 Å². The summed E-state index contributed by atoms with van der Waals surface area (Å²) < 4.78 is 4.34. The summed E-state index contributed by atoms with van der Waals surface area (Å²) in [5, 5.41) is 11.2. The molecule has 2 aliphatic rings. The second kappa shape index (κ2) is 17.1. The predicted octanol–water partition coefficient (Wildman–Crippen LogP) is 9.12. The van der Waals surface area contributed by atoms with E-state index in [0.29, 0.717) is 47.0 Å². The van der Waals surface area contributed by atoms with Crippen molar-refractivity contribution in [1.29, 1.82) is 5.26 Å².